The molecule has 0 fully saturated rings. The quantitative estimate of drug-likeness (QED) is 0.206. The average Bonchev–Trinajstić information content (AvgIpc) is 3.37. The molecule has 0 spiro atoms. The molecular weight excluding hydrogens is 516 g/mol. The number of benzene rings is 2. The highest BCUT2D eigenvalue weighted by atomic mass is 16.4. The van der Waals surface area contributed by atoms with Crippen LogP contribution in [-0.4, -0.2) is 32.9 Å². The Hall–Kier alpha value is -5.39. The first-order valence-electron chi connectivity index (χ1n) is 12.4. The Morgan fingerprint density at radius 1 is 1.02 bits per heavy atom. The van der Waals surface area contributed by atoms with E-state index in [2.05, 4.69) is 25.9 Å². The number of nitrogen functional groups attached to an aromatic ring is 1. The molecule has 1 atom stereocenters. The molecule has 1 heterocycles. The van der Waals surface area contributed by atoms with Gasteiger partial charge in [0.2, 0.25) is 0 Å². The van der Waals surface area contributed by atoms with Gasteiger partial charge in [-0.15, -0.1) is 0 Å². The first-order valence-corrected chi connectivity index (χ1v) is 12.4. The number of rotatable bonds is 8. The van der Waals surface area contributed by atoms with Gasteiger partial charge in [-0.3, -0.25) is 19.2 Å². The molecule has 0 radical (unpaired) electrons. The van der Waals surface area contributed by atoms with Crippen LogP contribution in [0.3, 0.4) is 0 Å². The minimum atomic E-state index is -0.991. The van der Waals surface area contributed by atoms with Gasteiger partial charge in [-0.25, -0.2) is 14.8 Å². The Labute approximate surface area is 227 Å². The molecule has 0 bridgehead atoms. The zero-order chi connectivity index (χ0) is 28.6. The van der Waals surface area contributed by atoms with E-state index >= 15 is 0 Å². The zero-order valence-electron chi connectivity index (χ0n) is 21.3. The summed E-state index contributed by atoms with van der Waals surface area (Å²) in [5.41, 5.74) is 8.03. The van der Waals surface area contributed by atoms with Crippen molar-refractivity contribution in [2.75, 3.05) is 11.1 Å². The van der Waals surface area contributed by atoms with E-state index in [-0.39, 0.29) is 40.9 Å². The van der Waals surface area contributed by atoms with Crippen molar-refractivity contribution in [3.8, 4) is 0 Å². The van der Waals surface area contributed by atoms with Gasteiger partial charge in [-0.2, -0.15) is 0 Å². The van der Waals surface area contributed by atoms with E-state index in [4.69, 9.17) is 5.73 Å². The van der Waals surface area contributed by atoms with Crippen LogP contribution in [-0.2, 0) is 13.0 Å². The Kier molecular flexibility index (Phi) is 6.82. The van der Waals surface area contributed by atoms with Gasteiger partial charge in [0.05, 0.1) is 11.6 Å². The molecule has 12 nitrogen and oxygen atoms in total. The second-order valence-corrected chi connectivity index (χ2v) is 9.42. The fraction of sp³-hybridized carbons (Fsp3) is 0.179. The number of amides is 2. The normalized spacial score (nSPS) is 14.0. The third-order valence-electron chi connectivity index (χ3n) is 6.96. The predicted octanol–water partition coefficient (Wildman–Crippen LogP) is 1.75. The van der Waals surface area contributed by atoms with Crippen LogP contribution < -0.4 is 32.5 Å². The number of carboxylic acids is 1. The number of fused-ring (bicyclic) bond motifs is 1. The van der Waals surface area contributed by atoms with Gasteiger partial charge in [-0.1, -0.05) is 18.2 Å². The topological polar surface area (TPSA) is 193 Å². The van der Waals surface area contributed by atoms with Crippen molar-refractivity contribution >= 4 is 34.8 Å². The van der Waals surface area contributed by atoms with Gasteiger partial charge in [0, 0.05) is 18.3 Å². The number of hydrogen-bond donors (Lipinski definition) is 5. The van der Waals surface area contributed by atoms with Crippen molar-refractivity contribution in [2.45, 2.75) is 32.4 Å². The summed E-state index contributed by atoms with van der Waals surface area (Å²) < 4.78 is 0. The molecule has 1 aromatic heterocycles. The zero-order valence-corrected chi connectivity index (χ0v) is 21.3. The standard InChI is InChI=1S/C28H24N6O6/c1-13-16-7-8-19(18(16)6-5-17(13)28(39)40)34-27(38)21-10-20(31-12-32-21)26(37)30-11-14-3-2-4-15(9-14)33-23-22(29)24(35)25(23)36/h2-6,9-10,12,19,33H,7-8,11,29H2,1H3,(H,30,37)(H,34,38)(H,39,40)/t19-/m0/s1. The lowest BCUT2D eigenvalue weighted by Crippen LogP contribution is -2.36. The lowest BCUT2D eigenvalue weighted by molar-refractivity contribution is 0.0695. The van der Waals surface area contributed by atoms with Crippen molar-refractivity contribution in [2.24, 2.45) is 0 Å². The number of nitrogens with zero attached hydrogens (tertiary/aromatic N) is 2. The number of carbonyl (C=O) groups is 3. The number of hydrogen-bond acceptors (Lipinski definition) is 9. The minimum absolute atomic E-state index is 0.000276. The van der Waals surface area contributed by atoms with Gasteiger partial charge in [-0.05, 0) is 60.2 Å². The fourth-order valence-electron chi connectivity index (χ4n) is 4.81. The van der Waals surface area contributed by atoms with Gasteiger partial charge >= 0.3 is 5.97 Å². The number of aromatic carboxylic acids is 1. The van der Waals surface area contributed by atoms with Gasteiger partial charge in [0.15, 0.2) is 0 Å². The number of nitrogens with one attached hydrogen (secondary N) is 3. The fourth-order valence-corrected chi connectivity index (χ4v) is 4.81. The van der Waals surface area contributed by atoms with Crippen molar-refractivity contribution in [3.63, 3.8) is 0 Å². The average molecular weight is 541 g/mol. The summed E-state index contributed by atoms with van der Waals surface area (Å²) in [6, 6.07) is 11.1. The second kappa shape index (κ2) is 10.4. The summed E-state index contributed by atoms with van der Waals surface area (Å²) in [5.74, 6) is -2.00. The predicted molar refractivity (Wildman–Crippen MR) is 145 cm³/mol. The van der Waals surface area contributed by atoms with E-state index in [0.717, 1.165) is 17.5 Å². The molecule has 1 aliphatic rings. The molecule has 0 saturated carbocycles. The Bertz CT molecular complexity index is 1760. The van der Waals surface area contributed by atoms with Crippen LogP contribution in [0.4, 0.5) is 17.1 Å². The molecule has 2 amide bonds. The third-order valence-corrected chi connectivity index (χ3v) is 6.96. The highest BCUT2D eigenvalue weighted by Gasteiger charge is 2.28. The largest absolute Gasteiger partial charge is 0.478 e. The molecular formula is C28H24N6O6. The summed E-state index contributed by atoms with van der Waals surface area (Å²) in [4.78, 5) is 68.1. The molecule has 40 heavy (non-hydrogen) atoms. The van der Waals surface area contributed by atoms with Gasteiger partial charge in [0.25, 0.3) is 22.7 Å². The molecule has 6 N–H and O–H groups in total. The Morgan fingerprint density at radius 3 is 2.50 bits per heavy atom. The van der Waals surface area contributed by atoms with Crippen LogP contribution in [0.5, 0.6) is 0 Å². The molecule has 0 aliphatic heterocycles. The van der Waals surface area contributed by atoms with Crippen LogP contribution in [0.25, 0.3) is 0 Å². The van der Waals surface area contributed by atoms with Crippen LogP contribution in [0.1, 0.15) is 66.1 Å². The maximum Gasteiger partial charge on any atom is 0.335 e. The van der Waals surface area contributed by atoms with Crippen LogP contribution in [0, 0.1) is 6.92 Å². The summed E-state index contributed by atoms with van der Waals surface area (Å²) in [7, 11) is 0. The van der Waals surface area contributed by atoms with Crippen molar-refractivity contribution < 1.29 is 19.5 Å². The monoisotopic (exact) mass is 540 g/mol. The first kappa shape index (κ1) is 26.2. The SMILES string of the molecule is Cc1c(C(=O)O)ccc2c1CC[C@@H]2NC(=O)c1cc(C(=O)NCc2cccc(Nc3c(N)c(=O)c3=O)c2)ncn1. The van der Waals surface area contributed by atoms with Crippen LogP contribution in [0.15, 0.2) is 58.4 Å². The van der Waals surface area contributed by atoms with Gasteiger partial charge in [0.1, 0.15) is 29.1 Å². The summed E-state index contributed by atoms with van der Waals surface area (Å²) in [6.07, 6.45) is 2.39. The maximum atomic E-state index is 13.0. The lowest BCUT2D eigenvalue weighted by atomic mass is 9.98. The first-order chi connectivity index (χ1) is 19.1. The number of carboxylic acid groups (broad SMARTS) is 1. The van der Waals surface area contributed by atoms with E-state index in [0.29, 0.717) is 29.7 Å². The molecule has 12 heteroatoms. The highest BCUT2D eigenvalue weighted by Crippen LogP contribution is 2.34. The highest BCUT2D eigenvalue weighted by molar-refractivity contribution is 5.97. The van der Waals surface area contributed by atoms with E-state index in [1.807, 2.05) is 0 Å². The van der Waals surface area contributed by atoms with E-state index in [9.17, 15) is 29.1 Å². The molecule has 0 saturated heterocycles. The molecule has 1 aliphatic carbocycles. The lowest BCUT2D eigenvalue weighted by Gasteiger charge is -2.15. The second-order valence-electron chi connectivity index (χ2n) is 9.42. The van der Waals surface area contributed by atoms with Crippen LogP contribution >= 0.6 is 0 Å². The van der Waals surface area contributed by atoms with Crippen molar-refractivity contribution in [1.82, 2.24) is 20.6 Å². The summed E-state index contributed by atoms with van der Waals surface area (Å²) in [6.45, 7) is 1.89. The van der Waals surface area contributed by atoms with E-state index in [1.54, 1.807) is 43.3 Å². The Balaban J connectivity index is 1.22. The molecule has 0 unspecified atom stereocenters. The third kappa shape index (κ3) is 4.89. The molecule has 202 valence electrons. The number of nitrogens with two attached hydrogens (primary N) is 1. The maximum absolute atomic E-state index is 13.0. The van der Waals surface area contributed by atoms with Crippen LogP contribution in [0.2, 0.25) is 0 Å². The van der Waals surface area contributed by atoms with Crippen molar-refractivity contribution in [1.29, 1.82) is 0 Å². The van der Waals surface area contributed by atoms with Crippen molar-refractivity contribution in [3.05, 3.63) is 108 Å². The molecule has 5 rings (SSSR count). The number of carbonyl (C=O) groups excluding carboxylic acids is 2. The minimum Gasteiger partial charge on any atom is -0.478 e. The van der Waals surface area contributed by atoms with E-state index in [1.165, 1.54) is 6.07 Å². The Morgan fingerprint density at radius 2 is 1.77 bits per heavy atom. The molecule has 3 aromatic carbocycles. The summed E-state index contributed by atoms with van der Waals surface area (Å²) >= 11 is 0. The number of anilines is 3. The number of aromatic nitrogens is 2. The molecule has 4 aromatic rings. The smallest absolute Gasteiger partial charge is 0.335 e. The van der Waals surface area contributed by atoms with E-state index < -0.39 is 28.6 Å². The van der Waals surface area contributed by atoms with Gasteiger partial charge < -0.3 is 26.8 Å². The summed E-state index contributed by atoms with van der Waals surface area (Å²) in [5, 5.41) is 17.8.